The molecule has 18 heavy (non-hydrogen) atoms. The Bertz CT molecular complexity index is 477. The number of anilines is 1. The molecule has 2 heteroatoms. The molecule has 0 aliphatic rings. The van der Waals surface area contributed by atoms with Crippen molar-refractivity contribution >= 4 is 5.69 Å². The van der Waals surface area contributed by atoms with Gasteiger partial charge in [-0.2, -0.15) is 0 Å². The van der Waals surface area contributed by atoms with Gasteiger partial charge in [-0.25, -0.2) is 0 Å². The van der Waals surface area contributed by atoms with Gasteiger partial charge in [-0.15, -0.1) is 0 Å². The summed E-state index contributed by atoms with van der Waals surface area (Å²) >= 11 is 0. The molecule has 0 fully saturated rings. The molecule has 0 bridgehead atoms. The second kappa shape index (κ2) is 6.22. The summed E-state index contributed by atoms with van der Waals surface area (Å²) < 4.78 is 0. The highest BCUT2D eigenvalue weighted by molar-refractivity contribution is 5.52. The van der Waals surface area contributed by atoms with E-state index in [0.29, 0.717) is 0 Å². The second-order valence-electron chi connectivity index (χ2n) is 4.68. The van der Waals surface area contributed by atoms with Gasteiger partial charge in [0.2, 0.25) is 0 Å². The van der Waals surface area contributed by atoms with Crippen LogP contribution in [0, 0.1) is 0 Å². The molecule has 0 aliphatic heterocycles. The highest BCUT2D eigenvalue weighted by Gasteiger charge is 2.03. The first-order chi connectivity index (χ1) is 8.75. The lowest BCUT2D eigenvalue weighted by Crippen LogP contribution is -2.25. The Labute approximate surface area is 109 Å². The standard InChI is InChI=1S/C16H20N2/c1-13(17)12-18-16-10-6-5-9-15(16)11-14-7-3-2-4-8-14/h2-10,13,18H,11-12,17H2,1H3. The highest BCUT2D eigenvalue weighted by atomic mass is 14.9. The number of benzene rings is 2. The number of rotatable bonds is 5. The maximum absolute atomic E-state index is 5.78. The van der Waals surface area contributed by atoms with Gasteiger partial charge in [0.1, 0.15) is 0 Å². The van der Waals surface area contributed by atoms with Crippen LogP contribution in [0.4, 0.5) is 5.69 Å². The Kier molecular flexibility index (Phi) is 4.37. The van der Waals surface area contributed by atoms with E-state index < -0.39 is 0 Å². The molecule has 1 atom stereocenters. The SMILES string of the molecule is CC(N)CNc1ccccc1Cc1ccccc1. The lowest BCUT2D eigenvalue weighted by atomic mass is 10.0. The van der Waals surface area contributed by atoms with Crippen LogP contribution in [0.3, 0.4) is 0 Å². The molecule has 0 radical (unpaired) electrons. The Morgan fingerprint density at radius 3 is 2.39 bits per heavy atom. The molecule has 2 nitrogen and oxygen atoms in total. The topological polar surface area (TPSA) is 38.0 Å². The third-order valence-electron chi connectivity index (χ3n) is 2.87. The van der Waals surface area contributed by atoms with E-state index in [9.17, 15) is 0 Å². The molecule has 2 aromatic carbocycles. The first-order valence-electron chi connectivity index (χ1n) is 6.37. The van der Waals surface area contributed by atoms with Gasteiger partial charge in [-0.3, -0.25) is 0 Å². The van der Waals surface area contributed by atoms with Gasteiger partial charge >= 0.3 is 0 Å². The minimum Gasteiger partial charge on any atom is -0.383 e. The Balaban J connectivity index is 2.12. The fraction of sp³-hybridized carbons (Fsp3) is 0.250. The zero-order chi connectivity index (χ0) is 12.8. The fourth-order valence-corrected chi connectivity index (χ4v) is 1.93. The molecule has 94 valence electrons. The summed E-state index contributed by atoms with van der Waals surface area (Å²) in [5.41, 5.74) is 9.60. The van der Waals surface area contributed by atoms with Crippen LogP contribution >= 0.6 is 0 Å². The lowest BCUT2D eigenvalue weighted by molar-refractivity contribution is 0.779. The van der Waals surface area contributed by atoms with Crippen molar-refractivity contribution < 1.29 is 0 Å². The number of para-hydroxylation sites is 1. The normalized spacial score (nSPS) is 12.1. The van der Waals surface area contributed by atoms with Gasteiger partial charge in [0.25, 0.3) is 0 Å². The third kappa shape index (κ3) is 3.60. The van der Waals surface area contributed by atoms with Crippen LogP contribution in [-0.2, 0) is 6.42 Å². The van der Waals surface area contributed by atoms with E-state index in [-0.39, 0.29) is 6.04 Å². The molecule has 0 aliphatic carbocycles. The molecular formula is C16H20N2. The zero-order valence-corrected chi connectivity index (χ0v) is 10.8. The van der Waals surface area contributed by atoms with Crippen molar-refractivity contribution in [3.05, 3.63) is 65.7 Å². The number of nitrogens with two attached hydrogens (primary N) is 1. The fourth-order valence-electron chi connectivity index (χ4n) is 1.93. The van der Waals surface area contributed by atoms with E-state index >= 15 is 0 Å². The summed E-state index contributed by atoms with van der Waals surface area (Å²) in [6, 6.07) is 19.1. The number of hydrogen-bond acceptors (Lipinski definition) is 2. The van der Waals surface area contributed by atoms with Gasteiger partial charge in [0, 0.05) is 18.3 Å². The van der Waals surface area contributed by atoms with Gasteiger partial charge in [-0.1, -0.05) is 48.5 Å². The van der Waals surface area contributed by atoms with E-state index in [2.05, 4.69) is 53.8 Å². The summed E-state index contributed by atoms with van der Waals surface area (Å²) in [7, 11) is 0. The van der Waals surface area contributed by atoms with E-state index in [4.69, 9.17) is 5.73 Å². The number of hydrogen-bond donors (Lipinski definition) is 2. The van der Waals surface area contributed by atoms with Crippen LogP contribution in [0.25, 0.3) is 0 Å². The maximum Gasteiger partial charge on any atom is 0.0376 e. The monoisotopic (exact) mass is 240 g/mol. The molecular weight excluding hydrogens is 220 g/mol. The Morgan fingerprint density at radius 1 is 1.00 bits per heavy atom. The summed E-state index contributed by atoms with van der Waals surface area (Å²) in [5, 5.41) is 3.41. The quantitative estimate of drug-likeness (QED) is 0.843. The van der Waals surface area contributed by atoms with Crippen LogP contribution in [0.5, 0.6) is 0 Å². The summed E-state index contributed by atoms with van der Waals surface area (Å²) in [6.45, 7) is 2.80. The molecule has 0 saturated heterocycles. The molecule has 0 spiro atoms. The van der Waals surface area contributed by atoms with Crippen molar-refractivity contribution in [3.8, 4) is 0 Å². The molecule has 2 aromatic rings. The summed E-state index contributed by atoms with van der Waals surface area (Å²) in [6.07, 6.45) is 0.947. The largest absolute Gasteiger partial charge is 0.383 e. The van der Waals surface area contributed by atoms with Gasteiger partial charge in [-0.05, 0) is 30.5 Å². The Morgan fingerprint density at radius 2 is 1.67 bits per heavy atom. The van der Waals surface area contributed by atoms with Crippen molar-refractivity contribution in [1.29, 1.82) is 0 Å². The zero-order valence-electron chi connectivity index (χ0n) is 10.8. The van der Waals surface area contributed by atoms with Gasteiger partial charge in [0.05, 0.1) is 0 Å². The molecule has 0 heterocycles. The van der Waals surface area contributed by atoms with Crippen LogP contribution < -0.4 is 11.1 Å². The predicted octanol–water partition coefficient (Wildman–Crippen LogP) is 3.04. The van der Waals surface area contributed by atoms with Crippen molar-refractivity contribution in [1.82, 2.24) is 0 Å². The van der Waals surface area contributed by atoms with E-state index in [1.807, 2.05) is 13.0 Å². The van der Waals surface area contributed by atoms with Crippen molar-refractivity contribution in [2.45, 2.75) is 19.4 Å². The van der Waals surface area contributed by atoms with Crippen molar-refractivity contribution in [3.63, 3.8) is 0 Å². The average Bonchev–Trinajstić information content (AvgIpc) is 2.39. The summed E-state index contributed by atoms with van der Waals surface area (Å²) in [4.78, 5) is 0. The first kappa shape index (κ1) is 12.7. The predicted molar refractivity (Wildman–Crippen MR) is 77.8 cm³/mol. The molecule has 3 N–H and O–H groups in total. The summed E-state index contributed by atoms with van der Waals surface area (Å²) in [5.74, 6) is 0. The molecule has 0 amide bonds. The third-order valence-corrected chi connectivity index (χ3v) is 2.87. The average molecular weight is 240 g/mol. The highest BCUT2D eigenvalue weighted by Crippen LogP contribution is 2.18. The van der Waals surface area contributed by atoms with Crippen LogP contribution in [-0.4, -0.2) is 12.6 Å². The molecule has 1 unspecified atom stereocenters. The van der Waals surface area contributed by atoms with E-state index in [0.717, 1.165) is 13.0 Å². The minimum absolute atomic E-state index is 0.162. The first-order valence-corrected chi connectivity index (χ1v) is 6.37. The van der Waals surface area contributed by atoms with Crippen molar-refractivity contribution in [2.24, 2.45) is 5.73 Å². The maximum atomic E-state index is 5.78. The lowest BCUT2D eigenvalue weighted by Gasteiger charge is -2.13. The molecule has 2 rings (SSSR count). The molecule has 0 aromatic heterocycles. The smallest absolute Gasteiger partial charge is 0.0376 e. The van der Waals surface area contributed by atoms with Gasteiger partial charge in [0.15, 0.2) is 0 Å². The minimum atomic E-state index is 0.162. The second-order valence-corrected chi connectivity index (χ2v) is 4.68. The van der Waals surface area contributed by atoms with E-state index in [1.165, 1.54) is 16.8 Å². The van der Waals surface area contributed by atoms with Crippen molar-refractivity contribution in [2.75, 3.05) is 11.9 Å². The van der Waals surface area contributed by atoms with Crippen LogP contribution in [0.15, 0.2) is 54.6 Å². The van der Waals surface area contributed by atoms with Crippen LogP contribution in [0.2, 0.25) is 0 Å². The van der Waals surface area contributed by atoms with Crippen LogP contribution in [0.1, 0.15) is 18.1 Å². The van der Waals surface area contributed by atoms with Gasteiger partial charge < -0.3 is 11.1 Å². The number of nitrogens with one attached hydrogen (secondary N) is 1. The molecule has 0 saturated carbocycles. The Hall–Kier alpha value is -1.80. The van der Waals surface area contributed by atoms with E-state index in [1.54, 1.807) is 0 Å².